The van der Waals surface area contributed by atoms with Gasteiger partial charge in [0.1, 0.15) is 17.3 Å². The highest BCUT2D eigenvalue weighted by molar-refractivity contribution is 9.10. The molecule has 2 rings (SSSR count). The van der Waals surface area contributed by atoms with Gasteiger partial charge in [-0.2, -0.15) is 0 Å². The molecule has 2 aromatic carbocycles. The van der Waals surface area contributed by atoms with Crippen molar-refractivity contribution in [3.8, 4) is 11.5 Å². The van der Waals surface area contributed by atoms with E-state index in [0.29, 0.717) is 22.1 Å². The van der Waals surface area contributed by atoms with E-state index in [0.717, 1.165) is 4.47 Å². The second-order valence-corrected chi connectivity index (χ2v) is 4.91. The molecule has 0 saturated heterocycles. The first-order chi connectivity index (χ1) is 8.58. The molecule has 0 aliphatic carbocycles. The molecule has 0 bridgehead atoms. The molecule has 0 unspecified atom stereocenters. The van der Waals surface area contributed by atoms with E-state index in [1.807, 2.05) is 18.2 Å². The molecule has 0 spiro atoms. The maximum atomic E-state index is 7.54. The van der Waals surface area contributed by atoms with Gasteiger partial charge < -0.3 is 10.5 Å². The minimum atomic E-state index is -0.0571. The second kappa shape index (κ2) is 5.42. The van der Waals surface area contributed by atoms with E-state index >= 15 is 0 Å². The molecule has 0 amide bonds. The Bertz CT molecular complexity index is 601. The summed E-state index contributed by atoms with van der Waals surface area (Å²) in [5.74, 6) is 0.973. The number of nitrogens with two attached hydrogens (primary N) is 1. The number of rotatable bonds is 3. The van der Waals surface area contributed by atoms with Gasteiger partial charge >= 0.3 is 0 Å². The predicted octanol–water partition coefficient (Wildman–Crippen LogP) is 4.18. The quantitative estimate of drug-likeness (QED) is 0.657. The highest BCUT2D eigenvalue weighted by Gasteiger charge is 2.10. The number of ether oxygens (including phenoxy) is 1. The Kier molecular flexibility index (Phi) is 3.89. The molecule has 0 radical (unpaired) electrons. The van der Waals surface area contributed by atoms with Crippen molar-refractivity contribution in [3.63, 3.8) is 0 Å². The first-order valence-electron chi connectivity index (χ1n) is 5.14. The van der Waals surface area contributed by atoms with Gasteiger partial charge in [0.2, 0.25) is 0 Å². The molecule has 0 saturated carbocycles. The molecule has 0 atom stereocenters. The van der Waals surface area contributed by atoms with Crippen LogP contribution >= 0.6 is 27.5 Å². The molecular formula is C13H10BrClN2O. The third-order valence-electron chi connectivity index (χ3n) is 2.29. The van der Waals surface area contributed by atoms with Gasteiger partial charge in [-0.25, -0.2) is 0 Å². The third kappa shape index (κ3) is 2.83. The molecule has 0 heterocycles. The molecule has 0 fully saturated rings. The van der Waals surface area contributed by atoms with Crippen molar-refractivity contribution >= 4 is 33.4 Å². The van der Waals surface area contributed by atoms with Crippen molar-refractivity contribution in [1.29, 1.82) is 5.41 Å². The van der Waals surface area contributed by atoms with Crippen LogP contribution in [0.4, 0.5) is 0 Å². The number of amidine groups is 1. The summed E-state index contributed by atoms with van der Waals surface area (Å²) >= 11 is 9.35. The fourth-order valence-corrected chi connectivity index (χ4v) is 1.98. The lowest BCUT2D eigenvalue weighted by molar-refractivity contribution is 0.481. The van der Waals surface area contributed by atoms with Gasteiger partial charge in [-0.05, 0) is 30.3 Å². The van der Waals surface area contributed by atoms with Crippen molar-refractivity contribution in [1.82, 2.24) is 0 Å². The third-order valence-corrected chi connectivity index (χ3v) is 3.09. The molecule has 3 nitrogen and oxygen atoms in total. The van der Waals surface area contributed by atoms with Crippen LogP contribution in [-0.4, -0.2) is 5.84 Å². The minimum absolute atomic E-state index is 0.0571. The maximum absolute atomic E-state index is 7.54. The van der Waals surface area contributed by atoms with E-state index in [2.05, 4.69) is 15.9 Å². The van der Waals surface area contributed by atoms with Crippen LogP contribution in [0.15, 0.2) is 46.9 Å². The van der Waals surface area contributed by atoms with Crippen LogP contribution in [0.5, 0.6) is 11.5 Å². The fourth-order valence-electron chi connectivity index (χ4n) is 1.45. The summed E-state index contributed by atoms with van der Waals surface area (Å²) in [5, 5.41) is 8.05. The van der Waals surface area contributed by atoms with Gasteiger partial charge in [0.25, 0.3) is 0 Å². The van der Waals surface area contributed by atoms with E-state index in [4.69, 9.17) is 27.5 Å². The molecule has 3 N–H and O–H groups in total. The summed E-state index contributed by atoms with van der Waals surface area (Å²) in [5.41, 5.74) is 6.04. The van der Waals surface area contributed by atoms with Gasteiger partial charge in [0.15, 0.2) is 0 Å². The summed E-state index contributed by atoms with van der Waals surface area (Å²) in [4.78, 5) is 0. The normalized spacial score (nSPS) is 10.1. The van der Waals surface area contributed by atoms with Crippen LogP contribution in [0.2, 0.25) is 5.02 Å². The Labute approximate surface area is 118 Å². The fraction of sp³-hybridized carbons (Fsp3) is 0. The van der Waals surface area contributed by atoms with Crippen LogP contribution in [0.3, 0.4) is 0 Å². The molecule has 18 heavy (non-hydrogen) atoms. The largest absolute Gasteiger partial charge is 0.455 e. The van der Waals surface area contributed by atoms with Crippen LogP contribution in [0.1, 0.15) is 5.56 Å². The number of halogens is 2. The zero-order valence-electron chi connectivity index (χ0n) is 9.28. The average Bonchev–Trinajstić information content (AvgIpc) is 2.34. The Morgan fingerprint density at radius 1 is 1.17 bits per heavy atom. The SMILES string of the molecule is N=C(N)c1cc(Br)ccc1Oc1ccccc1Cl. The Balaban J connectivity index is 2.41. The zero-order valence-corrected chi connectivity index (χ0v) is 11.6. The Morgan fingerprint density at radius 3 is 2.56 bits per heavy atom. The van der Waals surface area contributed by atoms with Gasteiger partial charge in [-0.15, -0.1) is 0 Å². The van der Waals surface area contributed by atoms with Crippen LogP contribution in [0, 0.1) is 5.41 Å². The monoisotopic (exact) mass is 324 g/mol. The number of hydrogen-bond acceptors (Lipinski definition) is 2. The predicted molar refractivity (Wildman–Crippen MR) is 76.7 cm³/mol. The first kappa shape index (κ1) is 12.9. The lowest BCUT2D eigenvalue weighted by Crippen LogP contribution is -2.12. The zero-order chi connectivity index (χ0) is 13.1. The highest BCUT2D eigenvalue weighted by atomic mass is 79.9. The molecule has 92 valence electrons. The van der Waals surface area contributed by atoms with Gasteiger partial charge in [-0.1, -0.05) is 39.7 Å². The molecule has 0 aliphatic rings. The molecular weight excluding hydrogens is 316 g/mol. The van der Waals surface area contributed by atoms with Crippen molar-refractivity contribution < 1.29 is 4.74 Å². The van der Waals surface area contributed by atoms with Crippen molar-refractivity contribution in [3.05, 3.63) is 57.5 Å². The summed E-state index contributed by atoms with van der Waals surface area (Å²) in [6.45, 7) is 0. The van der Waals surface area contributed by atoms with Crippen molar-refractivity contribution in [2.75, 3.05) is 0 Å². The van der Waals surface area contributed by atoms with E-state index in [9.17, 15) is 0 Å². The summed E-state index contributed by atoms with van der Waals surface area (Å²) < 4.78 is 6.52. The van der Waals surface area contributed by atoms with E-state index in [1.165, 1.54) is 0 Å². The molecule has 0 aliphatic heterocycles. The van der Waals surface area contributed by atoms with Gasteiger partial charge in [0.05, 0.1) is 10.6 Å². The smallest absolute Gasteiger partial charge is 0.146 e. The number of nitrogen functional groups attached to an aromatic ring is 1. The van der Waals surface area contributed by atoms with Crippen LogP contribution in [0.25, 0.3) is 0 Å². The maximum Gasteiger partial charge on any atom is 0.146 e. The van der Waals surface area contributed by atoms with Crippen molar-refractivity contribution in [2.24, 2.45) is 5.73 Å². The van der Waals surface area contributed by atoms with E-state index in [1.54, 1.807) is 24.3 Å². The average molecular weight is 326 g/mol. The summed E-state index contributed by atoms with van der Waals surface area (Å²) in [6.07, 6.45) is 0. The second-order valence-electron chi connectivity index (χ2n) is 3.59. The van der Waals surface area contributed by atoms with E-state index < -0.39 is 0 Å². The van der Waals surface area contributed by atoms with Gasteiger partial charge in [-0.3, -0.25) is 5.41 Å². The highest BCUT2D eigenvalue weighted by Crippen LogP contribution is 2.32. The molecule has 2 aromatic rings. The number of hydrogen-bond donors (Lipinski definition) is 2. The van der Waals surface area contributed by atoms with E-state index in [-0.39, 0.29) is 5.84 Å². The minimum Gasteiger partial charge on any atom is -0.455 e. The Morgan fingerprint density at radius 2 is 1.89 bits per heavy atom. The lowest BCUT2D eigenvalue weighted by atomic mass is 10.2. The molecule has 0 aromatic heterocycles. The van der Waals surface area contributed by atoms with Gasteiger partial charge in [0, 0.05) is 4.47 Å². The topological polar surface area (TPSA) is 59.1 Å². The summed E-state index contributed by atoms with van der Waals surface area (Å²) in [7, 11) is 0. The number of nitrogens with one attached hydrogen (secondary N) is 1. The van der Waals surface area contributed by atoms with Crippen molar-refractivity contribution in [2.45, 2.75) is 0 Å². The number of benzene rings is 2. The van der Waals surface area contributed by atoms with Crippen LogP contribution in [-0.2, 0) is 0 Å². The number of para-hydroxylation sites is 1. The Hall–Kier alpha value is -1.52. The molecule has 5 heteroatoms. The first-order valence-corrected chi connectivity index (χ1v) is 6.31. The lowest BCUT2D eigenvalue weighted by Gasteiger charge is -2.11. The summed E-state index contributed by atoms with van der Waals surface area (Å²) in [6, 6.07) is 12.4. The van der Waals surface area contributed by atoms with Crippen LogP contribution < -0.4 is 10.5 Å². The standard InChI is InChI=1S/C13H10BrClN2O/c14-8-5-6-11(9(7-8)13(16)17)18-12-4-2-1-3-10(12)15/h1-7H,(H3,16,17).